The van der Waals surface area contributed by atoms with E-state index in [-0.39, 0.29) is 11.1 Å². The van der Waals surface area contributed by atoms with Crippen molar-refractivity contribution in [3.8, 4) is 0 Å². The van der Waals surface area contributed by atoms with E-state index in [1.165, 1.54) is 17.7 Å². The Labute approximate surface area is 150 Å². The normalized spacial score (nSPS) is 14.7. The lowest BCUT2D eigenvalue weighted by Gasteiger charge is -2.06. The number of allylic oxidation sites excluding steroid dienone is 1. The molecule has 0 fully saturated rings. The van der Waals surface area contributed by atoms with E-state index in [9.17, 15) is 14.7 Å². The summed E-state index contributed by atoms with van der Waals surface area (Å²) < 4.78 is 1.68. The number of aromatic nitrogens is 2. The molecule has 0 atom stereocenters. The van der Waals surface area contributed by atoms with Gasteiger partial charge >= 0.3 is 5.97 Å². The highest BCUT2D eigenvalue weighted by molar-refractivity contribution is 5.93. The van der Waals surface area contributed by atoms with E-state index in [1.807, 2.05) is 0 Å². The number of fused-ring (bicyclic) bond motifs is 2. The summed E-state index contributed by atoms with van der Waals surface area (Å²) in [7, 11) is 0. The lowest BCUT2D eigenvalue weighted by molar-refractivity contribution is 0.0697. The maximum Gasteiger partial charge on any atom is 0.335 e. The highest BCUT2D eigenvalue weighted by Gasteiger charge is 2.21. The number of aromatic carboxylic acids is 1. The van der Waals surface area contributed by atoms with Crippen LogP contribution in [0.15, 0.2) is 47.3 Å². The number of hydrogen-bond acceptors (Lipinski definition) is 3. The molecule has 3 aromatic rings. The van der Waals surface area contributed by atoms with Crippen molar-refractivity contribution in [3.05, 3.63) is 75.3 Å². The van der Waals surface area contributed by atoms with Crippen molar-refractivity contribution in [2.45, 2.75) is 26.3 Å². The maximum atomic E-state index is 12.7. The standard InChI is InChI=1S/C21H18N2O3/c1-2-13-3-5-14(6-4-13)11-15-9-10-23-19(15)22-18-12-16(21(25)26)7-8-17(18)20(23)24/h3-8,11-12H,2,9-10H2,1H3,(H,25,26)/b15-11+. The van der Waals surface area contributed by atoms with Crippen LogP contribution >= 0.6 is 0 Å². The van der Waals surface area contributed by atoms with Crippen LogP contribution in [-0.2, 0) is 13.0 Å². The van der Waals surface area contributed by atoms with Gasteiger partial charge in [-0.2, -0.15) is 0 Å². The molecule has 130 valence electrons. The molecule has 1 aromatic heterocycles. The first-order chi connectivity index (χ1) is 12.6. The molecule has 1 N–H and O–H groups in total. The number of rotatable bonds is 3. The van der Waals surface area contributed by atoms with Crippen LogP contribution in [0.3, 0.4) is 0 Å². The minimum atomic E-state index is -1.03. The SMILES string of the molecule is CCc1ccc(/C=C2\CCn3c2nc2cc(C(=O)O)ccc2c3=O)cc1. The van der Waals surface area contributed by atoms with Crippen molar-refractivity contribution < 1.29 is 9.90 Å². The summed E-state index contributed by atoms with van der Waals surface area (Å²) in [5.41, 5.74) is 3.78. The number of carboxylic acid groups (broad SMARTS) is 1. The third kappa shape index (κ3) is 2.71. The molecule has 0 unspecified atom stereocenters. The van der Waals surface area contributed by atoms with Crippen LogP contribution in [0.5, 0.6) is 0 Å². The van der Waals surface area contributed by atoms with Gasteiger partial charge in [-0.1, -0.05) is 31.2 Å². The van der Waals surface area contributed by atoms with Gasteiger partial charge in [-0.05, 0) is 53.8 Å². The second-order valence-corrected chi connectivity index (χ2v) is 6.44. The summed E-state index contributed by atoms with van der Waals surface area (Å²) in [5.74, 6) is -0.398. The fourth-order valence-electron chi connectivity index (χ4n) is 3.34. The van der Waals surface area contributed by atoms with Crippen LogP contribution in [0.1, 0.15) is 40.7 Å². The molecule has 0 saturated heterocycles. The zero-order valence-electron chi connectivity index (χ0n) is 14.4. The number of nitrogens with zero attached hydrogens (tertiary/aromatic N) is 2. The Morgan fingerprint density at radius 1 is 1.23 bits per heavy atom. The first kappa shape index (κ1) is 16.3. The van der Waals surface area contributed by atoms with Crippen LogP contribution in [-0.4, -0.2) is 20.6 Å². The largest absolute Gasteiger partial charge is 0.478 e. The average molecular weight is 346 g/mol. The molecule has 0 radical (unpaired) electrons. The Kier molecular flexibility index (Phi) is 3.92. The topological polar surface area (TPSA) is 72.2 Å². The zero-order valence-corrected chi connectivity index (χ0v) is 14.4. The van der Waals surface area contributed by atoms with E-state index in [1.54, 1.807) is 10.6 Å². The Morgan fingerprint density at radius 3 is 2.69 bits per heavy atom. The predicted molar refractivity (Wildman–Crippen MR) is 101 cm³/mol. The first-order valence-electron chi connectivity index (χ1n) is 8.64. The van der Waals surface area contributed by atoms with Crippen LogP contribution in [0.4, 0.5) is 0 Å². The molecule has 5 heteroatoms. The lowest BCUT2D eigenvalue weighted by atomic mass is 10.1. The van der Waals surface area contributed by atoms with Gasteiger partial charge in [0.1, 0.15) is 5.82 Å². The molecule has 1 aliphatic rings. The highest BCUT2D eigenvalue weighted by Crippen LogP contribution is 2.27. The molecule has 0 saturated carbocycles. The zero-order chi connectivity index (χ0) is 18.3. The molecule has 0 aliphatic carbocycles. The number of carboxylic acids is 1. The summed E-state index contributed by atoms with van der Waals surface area (Å²) in [6.07, 6.45) is 3.78. The van der Waals surface area contributed by atoms with Gasteiger partial charge in [-0.3, -0.25) is 9.36 Å². The predicted octanol–water partition coefficient (Wildman–Crippen LogP) is 3.60. The third-order valence-electron chi connectivity index (χ3n) is 4.82. The molecule has 2 heterocycles. The molecule has 0 spiro atoms. The van der Waals surface area contributed by atoms with Crippen molar-refractivity contribution in [1.82, 2.24) is 9.55 Å². The van der Waals surface area contributed by atoms with Crippen molar-refractivity contribution in [1.29, 1.82) is 0 Å². The number of aryl methyl sites for hydroxylation is 1. The second-order valence-electron chi connectivity index (χ2n) is 6.44. The van der Waals surface area contributed by atoms with E-state index in [0.717, 1.165) is 24.0 Å². The Hall–Kier alpha value is -3.21. The first-order valence-corrected chi connectivity index (χ1v) is 8.64. The minimum absolute atomic E-state index is 0.119. The summed E-state index contributed by atoms with van der Waals surface area (Å²) in [6.45, 7) is 2.71. The quantitative estimate of drug-likeness (QED) is 0.786. The lowest BCUT2D eigenvalue weighted by Crippen LogP contribution is -2.20. The molecule has 26 heavy (non-hydrogen) atoms. The van der Waals surface area contributed by atoms with E-state index in [4.69, 9.17) is 0 Å². The van der Waals surface area contributed by atoms with E-state index < -0.39 is 5.97 Å². The van der Waals surface area contributed by atoms with E-state index >= 15 is 0 Å². The second kappa shape index (κ2) is 6.26. The Balaban J connectivity index is 1.84. The fourth-order valence-corrected chi connectivity index (χ4v) is 3.34. The highest BCUT2D eigenvalue weighted by atomic mass is 16.4. The van der Waals surface area contributed by atoms with Crippen molar-refractivity contribution in [2.75, 3.05) is 0 Å². The smallest absolute Gasteiger partial charge is 0.335 e. The van der Waals surface area contributed by atoms with Gasteiger partial charge in [-0.15, -0.1) is 0 Å². The van der Waals surface area contributed by atoms with Crippen molar-refractivity contribution in [2.24, 2.45) is 0 Å². The van der Waals surface area contributed by atoms with Gasteiger partial charge in [0.2, 0.25) is 0 Å². The molecule has 0 amide bonds. The molecule has 0 bridgehead atoms. The van der Waals surface area contributed by atoms with Gasteiger partial charge in [0, 0.05) is 6.54 Å². The average Bonchev–Trinajstić information content (AvgIpc) is 3.05. The fraction of sp³-hybridized carbons (Fsp3) is 0.190. The van der Waals surface area contributed by atoms with E-state index in [2.05, 4.69) is 42.2 Å². The monoisotopic (exact) mass is 346 g/mol. The van der Waals surface area contributed by atoms with Gasteiger partial charge in [0.15, 0.2) is 0 Å². The van der Waals surface area contributed by atoms with Crippen LogP contribution < -0.4 is 5.56 Å². The maximum absolute atomic E-state index is 12.7. The van der Waals surface area contributed by atoms with Gasteiger partial charge in [-0.25, -0.2) is 9.78 Å². The number of benzene rings is 2. The van der Waals surface area contributed by atoms with Crippen molar-refractivity contribution >= 4 is 28.5 Å². The van der Waals surface area contributed by atoms with Gasteiger partial charge in [0.25, 0.3) is 5.56 Å². The molecule has 5 nitrogen and oxygen atoms in total. The van der Waals surface area contributed by atoms with Crippen LogP contribution in [0.2, 0.25) is 0 Å². The number of carbonyl (C=O) groups is 1. The summed E-state index contributed by atoms with van der Waals surface area (Å²) in [4.78, 5) is 28.5. The Morgan fingerprint density at radius 2 is 2.00 bits per heavy atom. The third-order valence-corrected chi connectivity index (χ3v) is 4.82. The molecular weight excluding hydrogens is 328 g/mol. The minimum Gasteiger partial charge on any atom is -0.478 e. The Bertz CT molecular complexity index is 1110. The van der Waals surface area contributed by atoms with Crippen molar-refractivity contribution in [3.63, 3.8) is 0 Å². The summed E-state index contributed by atoms with van der Waals surface area (Å²) in [5, 5.41) is 9.63. The molecule has 4 rings (SSSR count). The summed E-state index contributed by atoms with van der Waals surface area (Å²) in [6, 6.07) is 12.8. The molecule has 2 aromatic carbocycles. The number of hydrogen-bond donors (Lipinski definition) is 1. The van der Waals surface area contributed by atoms with Crippen LogP contribution in [0.25, 0.3) is 22.6 Å². The van der Waals surface area contributed by atoms with E-state index in [0.29, 0.717) is 23.3 Å². The van der Waals surface area contributed by atoms with Gasteiger partial charge < -0.3 is 5.11 Å². The molecular formula is C21H18N2O3. The molecule has 1 aliphatic heterocycles. The summed E-state index contributed by atoms with van der Waals surface area (Å²) >= 11 is 0. The van der Waals surface area contributed by atoms with Gasteiger partial charge in [0.05, 0.1) is 16.5 Å². The van der Waals surface area contributed by atoms with Crippen LogP contribution in [0, 0.1) is 0 Å².